The zero-order valence-corrected chi connectivity index (χ0v) is 23.4. The van der Waals surface area contributed by atoms with Gasteiger partial charge in [-0.25, -0.2) is 18.2 Å². The third kappa shape index (κ3) is 7.42. The standard InChI is InChI=1S/C27H29ClF3N3O4S/c1-5-34(6-2)22-11-12-23(18(3)14-22)33(4)26(35)38-24(19-8-7-9-20(15-19)27(29,30)31)17-39(36,37)25-13-10-21(28)16-32-25/h7-16,24H,5-6,17H2,1-4H3. The summed E-state index contributed by atoms with van der Waals surface area (Å²) in [5.41, 5.74) is 1.09. The number of nitrogens with zero attached hydrogens (tertiary/aromatic N) is 3. The molecule has 39 heavy (non-hydrogen) atoms. The number of hydrogen-bond acceptors (Lipinski definition) is 6. The lowest BCUT2D eigenvalue weighted by Gasteiger charge is -2.26. The van der Waals surface area contributed by atoms with Crippen molar-refractivity contribution in [1.82, 2.24) is 4.98 Å². The Morgan fingerprint density at radius 2 is 1.77 bits per heavy atom. The second-order valence-corrected chi connectivity index (χ2v) is 11.2. The minimum Gasteiger partial charge on any atom is -0.440 e. The molecule has 1 amide bonds. The minimum atomic E-state index is -4.68. The Bertz CT molecular complexity index is 1410. The van der Waals surface area contributed by atoms with Gasteiger partial charge in [0.15, 0.2) is 14.9 Å². The van der Waals surface area contributed by atoms with Crippen LogP contribution in [-0.2, 0) is 20.8 Å². The third-order valence-electron chi connectivity index (χ3n) is 6.16. The van der Waals surface area contributed by atoms with Crippen molar-refractivity contribution in [3.05, 3.63) is 82.5 Å². The summed E-state index contributed by atoms with van der Waals surface area (Å²) in [7, 11) is -2.75. The fourth-order valence-corrected chi connectivity index (χ4v) is 5.48. The number of carbonyl (C=O) groups is 1. The van der Waals surface area contributed by atoms with Crippen LogP contribution < -0.4 is 9.80 Å². The van der Waals surface area contributed by atoms with Crippen molar-refractivity contribution < 1.29 is 31.1 Å². The Morgan fingerprint density at radius 1 is 1.08 bits per heavy atom. The molecule has 0 aliphatic carbocycles. The number of carbonyl (C=O) groups excluding carboxylic acids is 1. The second-order valence-electron chi connectivity index (χ2n) is 8.79. The first-order valence-corrected chi connectivity index (χ1v) is 14.1. The molecule has 12 heteroatoms. The highest BCUT2D eigenvalue weighted by molar-refractivity contribution is 7.91. The summed E-state index contributed by atoms with van der Waals surface area (Å²) < 4.78 is 72.0. The molecule has 0 fully saturated rings. The first-order valence-electron chi connectivity index (χ1n) is 12.1. The van der Waals surface area contributed by atoms with Crippen molar-refractivity contribution in [3.8, 4) is 0 Å². The van der Waals surface area contributed by atoms with E-state index in [1.807, 2.05) is 32.9 Å². The van der Waals surface area contributed by atoms with Gasteiger partial charge in [-0.15, -0.1) is 0 Å². The lowest BCUT2D eigenvalue weighted by molar-refractivity contribution is -0.137. The molecular formula is C27H29ClF3N3O4S. The van der Waals surface area contributed by atoms with Gasteiger partial charge >= 0.3 is 12.3 Å². The molecule has 1 unspecified atom stereocenters. The van der Waals surface area contributed by atoms with E-state index in [-0.39, 0.29) is 15.6 Å². The van der Waals surface area contributed by atoms with Gasteiger partial charge in [0.05, 0.1) is 16.3 Å². The number of halogens is 4. The van der Waals surface area contributed by atoms with E-state index in [0.717, 1.165) is 48.7 Å². The van der Waals surface area contributed by atoms with E-state index in [9.17, 15) is 26.4 Å². The summed E-state index contributed by atoms with van der Waals surface area (Å²) in [5.74, 6) is -0.831. The van der Waals surface area contributed by atoms with E-state index in [2.05, 4.69) is 9.88 Å². The zero-order chi connectivity index (χ0) is 29.0. The van der Waals surface area contributed by atoms with Crippen molar-refractivity contribution in [3.63, 3.8) is 0 Å². The van der Waals surface area contributed by atoms with Gasteiger partial charge in [-0.05, 0) is 74.4 Å². The van der Waals surface area contributed by atoms with Crippen molar-refractivity contribution >= 4 is 38.9 Å². The summed E-state index contributed by atoms with van der Waals surface area (Å²) in [6.07, 6.45) is -6.03. The summed E-state index contributed by atoms with van der Waals surface area (Å²) in [6.45, 7) is 7.45. The van der Waals surface area contributed by atoms with Crippen LogP contribution in [0, 0.1) is 6.92 Å². The van der Waals surface area contributed by atoms with Crippen molar-refractivity contribution in [1.29, 1.82) is 0 Å². The molecule has 3 aromatic rings. The highest BCUT2D eigenvalue weighted by Crippen LogP contribution is 2.33. The van der Waals surface area contributed by atoms with Gasteiger partial charge in [0.25, 0.3) is 0 Å². The van der Waals surface area contributed by atoms with Gasteiger partial charge in [0.1, 0.15) is 6.10 Å². The molecule has 210 valence electrons. The average Bonchev–Trinajstić information content (AvgIpc) is 2.88. The van der Waals surface area contributed by atoms with Gasteiger partial charge in [0, 0.05) is 37.7 Å². The molecule has 0 N–H and O–H groups in total. The highest BCUT2D eigenvalue weighted by atomic mass is 35.5. The SMILES string of the molecule is CCN(CC)c1ccc(N(C)C(=O)OC(CS(=O)(=O)c2ccc(Cl)cn2)c2cccc(C(F)(F)F)c2)c(C)c1. The molecule has 3 rings (SSSR count). The van der Waals surface area contributed by atoms with E-state index in [0.29, 0.717) is 5.69 Å². The van der Waals surface area contributed by atoms with Gasteiger partial charge in [0.2, 0.25) is 0 Å². The topological polar surface area (TPSA) is 79.8 Å². The first kappa shape index (κ1) is 30.2. The van der Waals surface area contributed by atoms with E-state index in [1.54, 1.807) is 6.07 Å². The predicted molar refractivity (Wildman–Crippen MR) is 145 cm³/mol. The quantitative estimate of drug-likeness (QED) is 0.279. The smallest absolute Gasteiger partial charge is 0.416 e. The molecule has 0 saturated carbocycles. The number of benzene rings is 2. The Kier molecular flexibility index (Phi) is 9.50. The van der Waals surface area contributed by atoms with Crippen molar-refractivity contribution in [2.45, 2.75) is 38.1 Å². The average molecular weight is 584 g/mol. The van der Waals surface area contributed by atoms with Gasteiger partial charge in [-0.3, -0.25) is 4.90 Å². The number of aryl methyl sites for hydroxylation is 1. The number of hydrogen-bond donors (Lipinski definition) is 0. The maximum Gasteiger partial charge on any atom is 0.416 e. The molecule has 0 aliphatic rings. The largest absolute Gasteiger partial charge is 0.440 e. The molecule has 1 aromatic heterocycles. The molecular weight excluding hydrogens is 555 g/mol. The molecule has 0 bridgehead atoms. The number of amides is 1. The lowest BCUT2D eigenvalue weighted by atomic mass is 10.1. The second kappa shape index (κ2) is 12.3. The van der Waals surface area contributed by atoms with Crippen LogP contribution in [0.3, 0.4) is 0 Å². The normalized spacial score (nSPS) is 12.6. The van der Waals surface area contributed by atoms with Crippen LogP contribution in [0.15, 0.2) is 65.8 Å². The number of anilines is 2. The van der Waals surface area contributed by atoms with Crippen LogP contribution in [0.4, 0.5) is 29.3 Å². The summed E-state index contributed by atoms with van der Waals surface area (Å²) in [4.78, 5) is 20.3. The first-order chi connectivity index (χ1) is 18.3. The van der Waals surface area contributed by atoms with Gasteiger partial charge in [-0.2, -0.15) is 13.2 Å². The maximum absolute atomic E-state index is 13.4. The van der Waals surface area contributed by atoms with Crippen LogP contribution in [0.1, 0.15) is 36.6 Å². The maximum atomic E-state index is 13.4. The number of ether oxygens (including phenoxy) is 1. The zero-order valence-electron chi connectivity index (χ0n) is 21.9. The Balaban J connectivity index is 1.95. The fraction of sp³-hybridized carbons (Fsp3) is 0.333. The Labute approximate surface area is 231 Å². The summed E-state index contributed by atoms with van der Waals surface area (Å²) >= 11 is 5.80. The summed E-state index contributed by atoms with van der Waals surface area (Å²) in [6, 6.07) is 12.0. The van der Waals surface area contributed by atoms with E-state index < -0.39 is 39.5 Å². The lowest BCUT2D eigenvalue weighted by Crippen LogP contribution is -2.31. The van der Waals surface area contributed by atoms with Crippen LogP contribution >= 0.6 is 11.6 Å². The van der Waals surface area contributed by atoms with Gasteiger partial charge in [-0.1, -0.05) is 23.7 Å². The van der Waals surface area contributed by atoms with Crippen LogP contribution in [0.5, 0.6) is 0 Å². The van der Waals surface area contributed by atoms with Crippen molar-refractivity contribution in [2.75, 3.05) is 35.7 Å². The highest BCUT2D eigenvalue weighted by Gasteiger charge is 2.33. The molecule has 0 radical (unpaired) electrons. The molecule has 2 aromatic carbocycles. The number of rotatable bonds is 9. The molecule has 1 atom stereocenters. The number of sulfone groups is 1. The predicted octanol–water partition coefficient (Wildman–Crippen LogP) is 6.70. The van der Waals surface area contributed by atoms with Crippen LogP contribution in [0.25, 0.3) is 0 Å². The van der Waals surface area contributed by atoms with Crippen LogP contribution in [-0.4, -0.2) is 45.4 Å². The molecule has 0 saturated heterocycles. The fourth-order valence-electron chi connectivity index (χ4n) is 4.04. The molecule has 0 spiro atoms. The number of alkyl halides is 3. The monoisotopic (exact) mass is 583 g/mol. The molecule has 0 aliphatic heterocycles. The van der Waals surface area contributed by atoms with Crippen LogP contribution in [0.2, 0.25) is 5.02 Å². The Morgan fingerprint density at radius 3 is 2.33 bits per heavy atom. The summed E-state index contributed by atoms with van der Waals surface area (Å²) in [5, 5.41) is -0.144. The number of pyridine rings is 1. The van der Waals surface area contributed by atoms with E-state index in [1.165, 1.54) is 30.1 Å². The Hall–Kier alpha value is -3.31. The third-order valence-corrected chi connectivity index (χ3v) is 8.01. The number of aromatic nitrogens is 1. The van der Waals surface area contributed by atoms with E-state index >= 15 is 0 Å². The van der Waals surface area contributed by atoms with Crippen molar-refractivity contribution in [2.24, 2.45) is 0 Å². The minimum absolute atomic E-state index is 0.127. The van der Waals surface area contributed by atoms with E-state index in [4.69, 9.17) is 16.3 Å². The molecule has 7 nitrogen and oxygen atoms in total. The van der Waals surface area contributed by atoms with Gasteiger partial charge < -0.3 is 9.64 Å². The molecule has 1 heterocycles.